The molecule has 0 radical (unpaired) electrons. The van der Waals surface area contributed by atoms with Gasteiger partial charge in [0.2, 0.25) is 5.28 Å². The lowest BCUT2D eigenvalue weighted by molar-refractivity contribution is 0.116. The summed E-state index contributed by atoms with van der Waals surface area (Å²) in [6.07, 6.45) is 3.87. The minimum atomic E-state index is 0.172. The van der Waals surface area contributed by atoms with Gasteiger partial charge in [-0.2, -0.15) is 0 Å². The Morgan fingerprint density at radius 1 is 1.47 bits per heavy atom. The van der Waals surface area contributed by atoms with Crippen LogP contribution in [0.25, 0.3) is 0 Å². The molecule has 1 aliphatic heterocycles. The summed E-state index contributed by atoms with van der Waals surface area (Å²) in [5.74, 6) is 0.371. The summed E-state index contributed by atoms with van der Waals surface area (Å²) >= 11 is 11.7. The lowest BCUT2D eigenvalue weighted by atomic mass is 9.99. The van der Waals surface area contributed by atoms with Gasteiger partial charge in [-0.1, -0.05) is 11.6 Å². The summed E-state index contributed by atoms with van der Waals surface area (Å²) in [6, 6.07) is 0. The second-order valence-electron chi connectivity index (χ2n) is 4.38. The molecule has 0 spiro atoms. The van der Waals surface area contributed by atoms with E-state index in [4.69, 9.17) is 23.2 Å². The van der Waals surface area contributed by atoms with Crippen molar-refractivity contribution in [1.82, 2.24) is 14.9 Å². The molecule has 0 unspecified atom stereocenters. The third-order valence-corrected chi connectivity index (χ3v) is 3.55. The number of likely N-dealkylation sites (tertiary alicyclic amines) is 1. The van der Waals surface area contributed by atoms with Gasteiger partial charge >= 0.3 is 0 Å². The highest BCUT2D eigenvalue weighted by molar-refractivity contribution is 6.32. The lowest BCUT2D eigenvalue weighted by Gasteiger charge is -2.31. The lowest BCUT2D eigenvalue weighted by Crippen LogP contribution is -2.36. The van der Waals surface area contributed by atoms with Gasteiger partial charge in [0, 0.05) is 31.5 Å². The first kappa shape index (κ1) is 13.0. The molecule has 1 aromatic heterocycles. The van der Waals surface area contributed by atoms with Gasteiger partial charge < -0.3 is 5.11 Å². The number of aliphatic hydroxyl groups excluding tert-OH is 1. The number of nitrogens with zero attached hydrogens (tertiary/aromatic N) is 3. The van der Waals surface area contributed by atoms with Crippen LogP contribution >= 0.6 is 23.2 Å². The molecule has 0 aromatic carbocycles. The molecule has 0 aliphatic carbocycles. The standard InChI is InChI=1S/C11H15Cl2N3O/c12-10-9(4-14-11(13)15-10)6-16-3-1-2-8(5-16)7-17/h4,8,17H,1-3,5-7H2/t8-/m0/s1. The van der Waals surface area contributed by atoms with Crippen LogP contribution in [0.4, 0.5) is 0 Å². The first-order chi connectivity index (χ1) is 8.19. The van der Waals surface area contributed by atoms with E-state index < -0.39 is 0 Å². The molecule has 1 saturated heterocycles. The minimum absolute atomic E-state index is 0.172. The Morgan fingerprint density at radius 2 is 2.29 bits per heavy atom. The van der Waals surface area contributed by atoms with Crippen molar-refractivity contribution in [2.45, 2.75) is 19.4 Å². The number of hydrogen-bond acceptors (Lipinski definition) is 4. The summed E-state index contributed by atoms with van der Waals surface area (Å²) in [5.41, 5.74) is 0.884. The zero-order valence-electron chi connectivity index (χ0n) is 9.44. The Hall–Kier alpha value is -0.420. The predicted molar refractivity (Wildman–Crippen MR) is 67.1 cm³/mol. The highest BCUT2D eigenvalue weighted by atomic mass is 35.5. The van der Waals surface area contributed by atoms with E-state index in [-0.39, 0.29) is 11.9 Å². The zero-order chi connectivity index (χ0) is 12.3. The van der Waals surface area contributed by atoms with E-state index >= 15 is 0 Å². The average Bonchev–Trinajstić information content (AvgIpc) is 2.33. The Bertz CT molecular complexity index is 389. The van der Waals surface area contributed by atoms with Crippen molar-refractivity contribution in [2.75, 3.05) is 19.7 Å². The molecular formula is C11H15Cl2N3O. The van der Waals surface area contributed by atoms with Crippen LogP contribution < -0.4 is 0 Å². The molecule has 94 valence electrons. The van der Waals surface area contributed by atoms with Gasteiger partial charge in [0.1, 0.15) is 5.15 Å². The van der Waals surface area contributed by atoms with E-state index in [9.17, 15) is 5.11 Å². The average molecular weight is 276 g/mol. The molecule has 0 amide bonds. The van der Waals surface area contributed by atoms with E-state index in [1.165, 1.54) is 0 Å². The predicted octanol–water partition coefficient (Wildman–Crippen LogP) is 1.99. The number of aliphatic hydroxyl groups is 1. The van der Waals surface area contributed by atoms with Crippen molar-refractivity contribution in [2.24, 2.45) is 5.92 Å². The van der Waals surface area contributed by atoms with Crippen molar-refractivity contribution >= 4 is 23.2 Å². The van der Waals surface area contributed by atoms with Crippen molar-refractivity contribution < 1.29 is 5.11 Å². The van der Waals surface area contributed by atoms with E-state index in [2.05, 4.69) is 14.9 Å². The summed E-state index contributed by atoms with van der Waals surface area (Å²) in [4.78, 5) is 10.1. The highest BCUT2D eigenvalue weighted by Gasteiger charge is 2.20. The topological polar surface area (TPSA) is 49.2 Å². The summed E-state index contributed by atoms with van der Waals surface area (Å²) < 4.78 is 0. The second-order valence-corrected chi connectivity index (χ2v) is 5.08. The third kappa shape index (κ3) is 3.52. The van der Waals surface area contributed by atoms with Crippen molar-refractivity contribution in [1.29, 1.82) is 0 Å². The summed E-state index contributed by atoms with van der Waals surface area (Å²) in [5, 5.41) is 9.76. The molecule has 17 heavy (non-hydrogen) atoms. The fourth-order valence-corrected chi connectivity index (χ4v) is 2.52. The number of piperidine rings is 1. The van der Waals surface area contributed by atoms with Crippen LogP contribution in [0.2, 0.25) is 10.4 Å². The smallest absolute Gasteiger partial charge is 0.223 e. The summed E-state index contributed by atoms with van der Waals surface area (Å²) in [7, 11) is 0. The van der Waals surface area contributed by atoms with E-state index in [0.29, 0.717) is 17.6 Å². The van der Waals surface area contributed by atoms with Gasteiger partial charge in [-0.15, -0.1) is 0 Å². The maximum absolute atomic E-state index is 9.17. The van der Waals surface area contributed by atoms with E-state index in [0.717, 1.165) is 31.5 Å². The molecule has 1 aromatic rings. The number of hydrogen-bond donors (Lipinski definition) is 1. The van der Waals surface area contributed by atoms with Crippen LogP contribution in [-0.4, -0.2) is 39.7 Å². The van der Waals surface area contributed by atoms with Gasteiger partial charge in [-0.3, -0.25) is 4.90 Å². The van der Waals surface area contributed by atoms with Crippen LogP contribution in [0.3, 0.4) is 0 Å². The molecular weight excluding hydrogens is 261 g/mol. The van der Waals surface area contributed by atoms with Gasteiger partial charge in [0.15, 0.2) is 0 Å². The van der Waals surface area contributed by atoms with Crippen LogP contribution in [0.15, 0.2) is 6.20 Å². The molecule has 1 atom stereocenters. The molecule has 1 N–H and O–H groups in total. The number of aromatic nitrogens is 2. The Balaban J connectivity index is 2.00. The largest absolute Gasteiger partial charge is 0.396 e. The molecule has 4 nitrogen and oxygen atoms in total. The number of halogens is 2. The van der Waals surface area contributed by atoms with Crippen LogP contribution in [0.1, 0.15) is 18.4 Å². The Labute approximate surface area is 111 Å². The van der Waals surface area contributed by atoms with Gasteiger partial charge in [-0.05, 0) is 36.9 Å². The second kappa shape index (κ2) is 5.96. The first-order valence-corrected chi connectivity index (χ1v) is 6.44. The van der Waals surface area contributed by atoms with E-state index in [1.54, 1.807) is 6.20 Å². The highest BCUT2D eigenvalue weighted by Crippen LogP contribution is 2.21. The van der Waals surface area contributed by atoms with Crippen molar-refractivity contribution in [3.8, 4) is 0 Å². The third-order valence-electron chi connectivity index (χ3n) is 3.04. The quantitative estimate of drug-likeness (QED) is 0.677. The van der Waals surface area contributed by atoms with Crippen LogP contribution in [-0.2, 0) is 6.54 Å². The zero-order valence-corrected chi connectivity index (χ0v) is 11.0. The van der Waals surface area contributed by atoms with Crippen LogP contribution in [0, 0.1) is 5.92 Å². The molecule has 0 saturated carbocycles. The fraction of sp³-hybridized carbons (Fsp3) is 0.636. The maximum atomic E-state index is 9.17. The molecule has 1 aliphatic rings. The minimum Gasteiger partial charge on any atom is -0.396 e. The molecule has 6 heteroatoms. The van der Waals surface area contributed by atoms with Gasteiger partial charge in [-0.25, -0.2) is 9.97 Å². The molecule has 2 heterocycles. The Morgan fingerprint density at radius 3 is 3.00 bits per heavy atom. The number of rotatable bonds is 3. The van der Waals surface area contributed by atoms with Gasteiger partial charge in [0.25, 0.3) is 0 Å². The first-order valence-electron chi connectivity index (χ1n) is 5.69. The maximum Gasteiger partial charge on any atom is 0.223 e. The Kier molecular flexibility index (Phi) is 4.56. The SMILES string of the molecule is OC[C@H]1CCCN(Cc2cnc(Cl)nc2Cl)C1. The van der Waals surface area contributed by atoms with Crippen LogP contribution in [0.5, 0.6) is 0 Å². The normalized spacial score (nSPS) is 21.7. The molecule has 1 fully saturated rings. The molecule has 2 rings (SSSR count). The van der Waals surface area contributed by atoms with Gasteiger partial charge in [0.05, 0.1) is 0 Å². The monoisotopic (exact) mass is 275 g/mol. The van der Waals surface area contributed by atoms with Crippen molar-refractivity contribution in [3.63, 3.8) is 0 Å². The van der Waals surface area contributed by atoms with E-state index in [1.807, 2.05) is 0 Å². The summed E-state index contributed by atoms with van der Waals surface area (Å²) in [6.45, 7) is 2.89. The van der Waals surface area contributed by atoms with Crippen molar-refractivity contribution in [3.05, 3.63) is 22.2 Å². The fourth-order valence-electron chi connectivity index (χ4n) is 2.16. The molecule has 0 bridgehead atoms.